The van der Waals surface area contributed by atoms with E-state index in [1.807, 2.05) is 6.07 Å². The number of aromatic amines is 1. The molecule has 0 atom stereocenters. The Balaban J connectivity index is 1.61. The van der Waals surface area contributed by atoms with Gasteiger partial charge in [-0.3, -0.25) is 4.79 Å². The first kappa shape index (κ1) is 15.1. The van der Waals surface area contributed by atoms with Crippen molar-refractivity contribution in [3.63, 3.8) is 0 Å². The summed E-state index contributed by atoms with van der Waals surface area (Å²) in [5.41, 5.74) is 2.28. The molecule has 0 radical (unpaired) electrons. The molecule has 2 aromatic rings. The SMILES string of the molecule is C=CCOC(=O)N1CCN(C(=O)c2ccc3nc[nH]c3c2)CC1. The minimum atomic E-state index is -0.365. The molecule has 0 saturated carbocycles. The number of H-pyrrole nitrogens is 1. The van der Waals surface area contributed by atoms with Crippen molar-refractivity contribution < 1.29 is 14.3 Å². The third-order valence-corrected chi connectivity index (χ3v) is 3.82. The zero-order valence-electron chi connectivity index (χ0n) is 12.7. The number of amides is 2. The second-order valence-electron chi connectivity index (χ2n) is 5.28. The van der Waals surface area contributed by atoms with E-state index in [4.69, 9.17) is 4.74 Å². The van der Waals surface area contributed by atoms with Gasteiger partial charge in [-0.25, -0.2) is 9.78 Å². The lowest BCUT2D eigenvalue weighted by atomic mass is 10.1. The molecule has 2 heterocycles. The molecule has 1 aliphatic rings. The normalized spacial score (nSPS) is 14.8. The zero-order valence-corrected chi connectivity index (χ0v) is 12.7. The summed E-state index contributed by atoms with van der Waals surface area (Å²) >= 11 is 0. The number of hydrogen-bond donors (Lipinski definition) is 1. The highest BCUT2D eigenvalue weighted by Crippen LogP contribution is 2.15. The Morgan fingerprint density at radius 1 is 1.26 bits per heavy atom. The largest absolute Gasteiger partial charge is 0.445 e. The van der Waals surface area contributed by atoms with Crippen molar-refractivity contribution in [2.24, 2.45) is 0 Å². The number of carbonyl (C=O) groups excluding carboxylic acids is 2. The highest BCUT2D eigenvalue weighted by atomic mass is 16.6. The van der Waals surface area contributed by atoms with Crippen molar-refractivity contribution >= 4 is 23.0 Å². The van der Waals surface area contributed by atoms with Gasteiger partial charge >= 0.3 is 6.09 Å². The topological polar surface area (TPSA) is 78.5 Å². The lowest BCUT2D eigenvalue weighted by Crippen LogP contribution is -2.50. The van der Waals surface area contributed by atoms with Crippen LogP contribution in [0.5, 0.6) is 0 Å². The number of fused-ring (bicyclic) bond motifs is 1. The van der Waals surface area contributed by atoms with Crippen LogP contribution in [0.4, 0.5) is 4.79 Å². The van der Waals surface area contributed by atoms with Gasteiger partial charge < -0.3 is 19.5 Å². The van der Waals surface area contributed by atoms with Gasteiger partial charge in [0.05, 0.1) is 17.4 Å². The van der Waals surface area contributed by atoms with Gasteiger partial charge in [0.1, 0.15) is 6.61 Å². The molecule has 1 aromatic carbocycles. The Morgan fingerprint density at radius 2 is 2.00 bits per heavy atom. The van der Waals surface area contributed by atoms with E-state index in [1.165, 1.54) is 6.08 Å². The Labute approximate surface area is 133 Å². The Morgan fingerprint density at radius 3 is 2.74 bits per heavy atom. The molecule has 7 nitrogen and oxygen atoms in total. The number of rotatable bonds is 3. The Hall–Kier alpha value is -2.83. The van der Waals surface area contributed by atoms with E-state index in [1.54, 1.807) is 28.3 Å². The molecule has 1 aliphatic heterocycles. The van der Waals surface area contributed by atoms with Crippen molar-refractivity contribution in [3.05, 3.63) is 42.7 Å². The minimum Gasteiger partial charge on any atom is -0.445 e. The number of nitrogens with one attached hydrogen (secondary N) is 1. The van der Waals surface area contributed by atoms with Crippen LogP contribution in [-0.4, -0.2) is 64.6 Å². The predicted octanol–water partition coefficient (Wildman–Crippen LogP) is 1.64. The second kappa shape index (κ2) is 6.51. The lowest BCUT2D eigenvalue weighted by molar-refractivity contribution is 0.0581. The smallest absolute Gasteiger partial charge is 0.410 e. The number of piperazine rings is 1. The van der Waals surface area contributed by atoms with Gasteiger partial charge in [0.2, 0.25) is 0 Å². The van der Waals surface area contributed by atoms with Crippen LogP contribution in [-0.2, 0) is 4.74 Å². The highest BCUT2D eigenvalue weighted by molar-refractivity contribution is 5.97. The number of benzene rings is 1. The van der Waals surface area contributed by atoms with E-state index in [2.05, 4.69) is 16.5 Å². The fourth-order valence-corrected chi connectivity index (χ4v) is 2.56. The molecule has 1 aromatic heterocycles. The van der Waals surface area contributed by atoms with Crippen LogP contribution >= 0.6 is 0 Å². The third kappa shape index (κ3) is 3.18. The second-order valence-corrected chi connectivity index (χ2v) is 5.28. The molecule has 3 rings (SSSR count). The Kier molecular flexibility index (Phi) is 4.27. The molecule has 23 heavy (non-hydrogen) atoms. The van der Waals surface area contributed by atoms with Crippen LogP contribution in [0.3, 0.4) is 0 Å². The summed E-state index contributed by atoms with van der Waals surface area (Å²) in [6.07, 6.45) is 2.77. The number of nitrogens with zero attached hydrogens (tertiary/aromatic N) is 3. The van der Waals surface area contributed by atoms with Crippen molar-refractivity contribution in [3.8, 4) is 0 Å². The average molecular weight is 314 g/mol. The zero-order chi connectivity index (χ0) is 16.2. The summed E-state index contributed by atoms with van der Waals surface area (Å²) in [5, 5.41) is 0. The molecule has 0 spiro atoms. The number of imidazole rings is 1. The molecule has 1 N–H and O–H groups in total. The van der Waals surface area contributed by atoms with Gasteiger partial charge in [-0.15, -0.1) is 0 Å². The van der Waals surface area contributed by atoms with Crippen LogP contribution in [0.15, 0.2) is 37.2 Å². The maximum atomic E-state index is 12.6. The van der Waals surface area contributed by atoms with Crippen LogP contribution < -0.4 is 0 Å². The molecule has 120 valence electrons. The van der Waals surface area contributed by atoms with Gasteiger partial charge in [0.15, 0.2) is 0 Å². The van der Waals surface area contributed by atoms with Gasteiger partial charge in [-0.1, -0.05) is 12.7 Å². The molecule has 1 fully saturated rings. The van der Waals surface area contributed by atoms with Gasteiger partial charge in [-0.2, -0.15) is 0 Å². The summed E-state index contributed by atoms with van der Waals surface area (Å²) in [6.45, 7) is 5.62. The third-order valence-electron chi connectivity index (χ3n) is 3.82. The first-order chi connectivity index (χ1) is 11.2. The molecule has 1 saturated heterocycles. The van der Waals surface area contributed by atoms with Crippen LogP contribution in [0, 0.1) is 0 Å². The van der Waals surface area contributed by atoms with Crippen molar-refractivity contribution in [2.75, 3.05) is 32.8 Å². The molecule has 0 bridgehead atoms. The maximum Gasteiger partial charge on any atom is 0.410 e. The minimum absolute atomic E-state index is 0.0411. The molecular formula is C16H18N4O3. The number of ether oxygens (including phenoxy) is 1. The monoisotopic (exact) mass is 314 g/mol. The van der Waals surface area contributed by atoms with Gasteiger partial charge in [0, 0.05) is 31.7 Å². The van der Waals surface area contributed by atoms with E-state index >= 15 is 0 Å². The first-order valence-electron chi connectivity index (χ1n) is 7.44. The number of hydrogen-bond acceptors (Lipinski definition) is 4. The fraction of sp³-hybridized carbons (Fsp3) is 0.312. The summed E-state index contributed by atoms with van der Waals surface area (Å²) < 4.78 is 5.00. The molecule has 7 heteroatoms. The quantitative estimate of drug-likeness (QED) is 0.874. The maximum absolute atomic E-state index is 12.6. The van der Waals surface area contributed by atoms with Crippen LogP contribution in [0.2, 0.25) is 0 Å². The summed E-state index contributed by atoms with van der Waals surface area (Å²) in [7, 11) is 0. The Bertz CT molecular complexity index is 732. The van der Waals surface area contributed by atoms with Crippen molar-refractivity contribution in [1.82, 2.24) is 19.8 Å². The van der Waals surface area contributed by atoms with E-state index in [-0.39, 0.29) is 18.6 Å². The van der Waals surface area contributed by atoms with Crippen molar-refractivity contribution in [2.45, 2.75) is 0 Å². The summed E-state index contributed by atoms with van der Waals surface area (Å²) in [6, 6.07) is 5.40. The van der Waals surface area contributed by atoms with Gasteiger partial charge in [0.25, 0.3) is 5.91 Å². The standard InChI is InChI=1S/C16H18N4O3/c1-2-9-23-16(22)20-7-5-19(6-8-20)15(21)12-3-4-13-14(10-12)18-11-17-13/h2-4,10-11H,1,5-9H2,(H,17,18). The van der Waals surface area contributed by atoms with Crippen LogP contribution in [0.1, 0.15) is 10.4 Å². The molecule has 0 unspecified atom stereocenters. The summed E-state index contributed by atoms with van der Waals surface area (Å²) in [5.74, 6) is -0.0411. The average Bonchev–Trinajstić information content (AvgIpc) is 3.06. The lowest BCUT2D eigenvalue weighted by Gasteiger charge is -2.34. The van der Waals surface area contributed by atoms with E-state index in [9.17, 15) is 9.59 Å². The first-order valence-corrected chi connectivity index (χ1v) is 7.44. The predicted molar refractivity (Wildman–Crippen MR) is 85.1 cm³/mol. The molecule has 2 amide bonds. The fourth-order valence-electron chi connectivity index (χ4n) is 2.56. The van der Waals surface area contributed by atoms with E-state index in [0.29, 0.717) is 31.7 Å². The molecule has 0 aliphatic carbocycles. The number of aromatic nitrogens is 2. The highest BCUT2D eigenvalue weighted by Gasteiger charge is 2.25. The van der Waals surface area contributed by atoms with Gasteiger partial charge in [-0.05, 0) is 18.2 Å². The summed E-state index contributed by atoms with van der Waals surface area (Å²) in [4.78, 5) is 34.8. The number of carbonyl (C=O) groups is 2. The van der Waals surface area contributed by atoms with Crippen molar-refractivity contribution in [1.29, 1.82) is 0 Å². The van der Waals surface area contributed by atoms with E-state index in [0.717, 1.165) is 11.0 Å². The van der Waals surface area contributed by atoms with Crippen LogP contribution in [0.25, 0.3) is 11.0 Å². The van der Waals surface area contributed by atoms with E-state index < -0.39 is 0 Å². The molecular weight excluding hydrogens is 296 g/mol.